The molecule has 2 aromatic carbocycles. The van der Waals surface area contributed by atoms with Crippen molar-refractivity contribution >= 4 is 16.8 Å². The maximum absolute atomic E-state index is 12.1. The molecular weight excluding hydrogens is 368 g/mol. The van der Waals surface area contributed by atoms with Crippen LogP contribution in [0.2, 0.25) is 0 Å². The Bertz CT molecular complexity index is 1000. The number of fused-ring (bicyclic) bond motifs is 1. The minimum atomic E-state index is -2.85. The maximum Gasteiger partial charge on any atom is 0.387 e. The molecule has 8 heteroatoms. The van der Waals surface area contributed by atoms with Crippen molar-refractivity contribution in [1.29, 1.82) is 0 Å². The number of para-hydroxylation sites is 1. The molecule has 1 amide bonds. The summed E-state index contributed by atoms with van der Waals surface area (Å²) in [6.07, 6.45) is 1.08. The molecule has 0 saturated heterocycles. The van der Waals surface area contributed by atoms with Crippen LogP contribution < -0.4 is 15.6 Å². The fraction of sp³-hybridized carbons (Fsp3) is 0.250. The summed E-state index contributed by atoms with van der Waals surface area (Å²) in [5.74, 6) is 0.404. The molecule has 28 heavy (non-hydrogen) atoms. The molecule has 3 rings (SSSR count). The van der Waals surface area contributed by atoms with E-state index < -0.39 is 6.61 Å². The van der Waals surface area contributed by atoms with Gasteiger partial charge >= 0.3 is 6.61 Å². The zero-order valence-electron chi connectivity index (χ0n) is 15.0. The lowest BCUT2D eigenvalue weighted by Crippen LogP contribution is -2.26. The number of aromatic amines is 1. The highest BCUT2D eigenvalue weighted by molar-refractivity contribution is 5.78. The summed E-state index contributed by atoms with van der Waals surface area (Å²) in [6, 6.07) is 13.3. The summed E-state index contributed by atoms with van der Waals surface area (Å²) < 4.78 is 28.5. The first-order valence-electron chi connectivity index (χ1n) is 8.79. The van der Waals surface area contributed by atoms with Crippen LogP contribution in [0.5, 0.6) is 5.75 Å². The maximum atomic E-state index is 12.1. The van der Waals surface area contributed by atoms with E-state index in [1.54, 1.807) is 36.4 Å². The van der Waals surface area contributed by atoms with Gasteiger partial charge in [0.05, 0.1) is 10.9 Å². The predicted octanol–water partition coefficient (Wildman–Crippen LogP) is 2.82. The van der Waals surface area contributed by atoms with Crippen molar-refractivity contribution in [3.8, 4) is 5.75 Å². The van der Waals surface area contributed by atoms with E-state index in [9.17, 15) is 18.4 Å². The van der Waals surface area contributed by atoms with Crippen molar-refractivity contribution in [2.24, 2.45) is 0 Å². The van der Waals surface area contributed by atoms with Crippen LogP contribution in [-0.2, 0) is 17.6 Å². The number of hydrogen-bond acceptors (Lipinski definition) is 4. The molecule has 0 aliphatic heterocycles. The second-order valence-electron chi connectivity index (χ2n) is 6.15. The van der Waals surface area contributed by atoms with Crippen molar-refractivity contribution in [1.82, 2.24) is 15.3 Å². The fourth-order valence-electron chi connectivity index (χ4n) is 2.76. The molecule has 0 radical (unpaired) electrons. The Hall–Kier alpha value is -3.29. The van der Waals surface area contributed by atoms with Gasteiger partial charge in [0, 0.05) is 19.4 Å². The van der Waals surface area contributed by atoms with Crippen molar-refractivity contribution in [2.75, 3.05) is 6.54 Å². The third kappa shape index (κ3) is 5.35. The average Bonchev–Trinajstić information content (AvgIpc) is 2.67. The summed E-state index contributed by atoms with van der Waals surface area (Å²) in [6.45, 7) is -2.44. The minimum Gasteiger partial charge on any atom is -0.435 e. The van der Waals surface area contributed by atoms with Crippen molar-refractivity contribution < 1.29 is 18.3 Å². The highest BCUT2D eigenvalue weighted by atomic mass is 19.3. The molecule has 146 valence electrons. The van der Waals surface area contributed by atoms with Crippen molar-refractivity contribution in [2.45, 2.75) is 25.9 Å². The van der Waals surface area contributed by atoms with Crippen LogP contribution in [0.3, 0.4) is 0 Å². The summed E-state index contributed by atoms with van der Waals surface area (Å²) in [5, 5.41) is 3.30. The summed E-state index contributed by atoms with van der Waals surface area (Å²) in [4.78, 5) is 31.1. The molecule has 0 spiro atoms. The van der Waals surface area contributed by atoms with E-state index in [0.717, 1.165) is 5.56 Å². The Kier molecular flexibility index (Phi) is 6.31. The Morgan fingerprint density at radius 2 is 1.86 bits per heavy atom. The van der Waals surface area contributed by atoms with Gasteiger partial charge in [-0.1, -0.05) is 24.3 Å². The molecule has 0 saturated carbocycles. The van der Waals surface area contributed by atoms with E-state index in [-0.39, 0.29) is 23.6 Å². The summed E-state index contributed by atoms with van der Waals surface area (Å²) in [5.41, 5.74) is 1.27. The largest absolute Gasteiger partial charge is 0.435 e. The van der Waals surface area contributed by atoms with E-state index in [1.165, 1.54) is 12.1 Å². The number of benzene rings is 2. The first kappa shape index (κ1) is 19.5. The van der Waals surface area contributed by atoms with Gasteiger partial charge in [-0.2, -0.15) is 8.78 Å². The van der Waals surface area contributed by atoms with Gasteiger partial charge in [0.15, 0.2) is 0 Å². The van der Waals surface area contributed by atoms with E-state index >= 15 is 0 Å². The smallest absolute Gasteiger partial charge is 0.387 e. The molecule has 1 heterocycles. The van der Waals surface area contributed by atoms with Gasteiger partial charge in [-0.15, -0.1) is 0 Å². The average molecular weight is 387 g/mol. The molecule has 0 fully saturated rings. The van der Waals surface area contributed by atoms with Gasteiger partial charge in [0.25, 0.3) is 5.56 Å². The first-order chi connectivity index (χ1) is 13.5. The topological polar surface area (TPSA) is 84.1 Å². The normalized spacial score (nSPS) is 11.0. The number of carbonyl (C=O) groups is 1. The molecule has 0 bridgehead atoms. The number of halogens is 2. The molecule has 6 nitrogen and oxygen atoms in total. The second kappa shape index (κ2) is 9.07. The molecule has 0 aliphatic carbocycles. The number of amides is 1. The predicted molar refractivity (Wildman–Crippen MR) is 100 cm³/mol. The van der Waals surface area contributed by atoms with Crippen LogP contribution in [-0.4, -0.2) is 29.0 Å². The van der Waals surface area contributed by atoms with Crippen LogP contribution in [0.4, 0.5) is 8.78 Å². The third-order valence-corrected chi connectivity index (χ3v) is 4.14. The second-order valence-corrected chi connectivity index (χ2v) is 6.15. The van der Waals surface area contributed by atoms with Crippen LogP contribution in [0.25, 0.3) is 10.9 Å². The number of ether oxygens (including phenoxy) is 1. The van der Waals surface area contributed by atoms with Crippen LogP contribution in [0.15, 0.2) is 53.3 Å². The molecule has 0 unspecified atom stereocenters. The lowest BCUT2D eigenvalue weighted by molar-refractivity contribution is -0.121. The number of alkyl halides is 2. The monoisotopic (exact) mass is 387 g/mol. The van der Waals surface area contributed by atoms with Gasteiger partial charge in [-0.05, 0) is 36.2 Å². The molecule has 3 aromatic rings. The number of H-pyrrole nitrogens is 1. The van der Waals surface area contributed by atoms with Crippen LogP contribution in [0, 0.1) is 0 Å². The lowest BCUT2D eigenvalue weighted by atomic mass is 10.1. The highest BCUT2D eigenvalue weighted by Gasteiger charge is 2.07. The fourth-order valence-corrected chi connectivity index (χ4v) is 2.76. The first-order valence-corrected chi connectivity index (χ1v) is 8.79. The van der Waals surface area contributed by atoms with Gasteiger partial charge in [0.2, 0.25) is 5.91 Å². The molecule has 0 aliphatic rings. The number of carbonyl (C=O) groups excluding carboxylic acids is 1. The molecule has 0 atom stereocenters. The summed E-state index contributed by atoms with van der Waals surface area (Å²) >= 11 is 0. The Balaban J connectivity index is 1.45. The Morgan fingerprint density at radius 1 is 1.11 bits per heavy atom. The molecule has 2 N–H and O–H groups in total. The van der Waals surface area contributed by atoms with Gasteiger partial charge < -0.3 is 15.0 Å². The van der Waals surface area contributed by atoms with Crippen LogP contribution in [0.1, 0.15) is 17.8 Å². The quantitative estimate of drug-likeness (QED) is 0.623. The number of nitrogens with zero attached hydrogens (tertiary/aromatic N) is 1. The standard InChI is InChI=1S/C20H19F2N3O3/c21-20(22)28-14-7-5-13(6-8-14)11-12-23-18(26)10-9-17-24-16-4-2-1-3-15(16)19(27)25-17/h1-8,20H,9-12H2,(H,23,26)(H,24,25,27). The zero-order chi connectivity index (χ0) is 19.9. The van der Waals surface area contributed by atoms with Gasteiger partial charge in [-0.25, -0.2) is 4.98 Å². The van der Waals surface area contributed by atoms with Crippen molar-refractivity contribution in [3.05, 3.63) is 70.3 Å². The van der Waals surface area contributed by atoms with E-state index in [4.69, 9.17) is 0 Å². The summed E-state index contributed by atoms with van der Waals surface area (Å²) in [7, 11) is 0. The number of aromatic nitrogens is 2. The molecule has 1 aromatic heterocycles. The number of nitrogens with one attached hydrogen (secondary N) is 2. The van der Waals surface area contributed by atoms with E-state index in [2.05, 4.69) is 20.0 Å². The molecular formula is C20H19F2N3O3. The lowest BCUT2D eigenvalue weighted by Gasteiger charge is -2.07. The minimum absolute atomic E-state index is 0.0969. The number of rotatable bonds is 8. The highest BCUT2D eigenvalue weighted by Crippen LogP contribution is 2.15. The number of hydrogen-bond donors (Lipinski definition) is 2. The number of aryl methyl sites for hydroxylation is 1. The van der Waals surface area contributed by atoms with E-state index in [1.807, 2.05) is 0 Å². The third-order valence-electron chi connectivity index (χ3n) is 4.14. The van der Waals surface area contributed by atoms with Crippen molar-refractivity contribution in [3.63, 3.8) is 0 Å². The Morgan fingerprint density at radius 3 is 2.61 bits per heavy atom. The van der Waals surface area contributed by atoms with Crippen LogP contribution >= 0.6 is 0 Å². The Labute approximate surface area is 159 Å². The van der Waals surface area contributed by atoms with Gasteiger partial charge in [-0.3, -0.25) is 9.59 Å². The van der Waals surface area contributed by atoms with E-state index in [0.29, 0.717) is 36.1 Å². The zero-order valence-corrected chi connectivity index (χ0v) is 15.0. The SMILES string of the molecule is O=C(CCc1nc2ccccc2c(=O)[nH]1)NCCc1ccc(OC(F)F)cc1. The van der Waals surface area contributed by atoms with Gasteiger partial charge in [0.1, 0.15) is 11.6 Å².